The average Bonchev–Trinajstić information content (AvgIpc) is 3.41. The normalized spacial score (nSPS) is 11.0. The van der Waals surface area contributed by atoms with Crippen molar-refractivity contribution in [3.8, 4) is 16.5 Å². The van der Waals surface area contributed by atoms with Gasteiger partial charge < -0.3 is 5.32 Å². The second kappa shape index (κ2) is 10.0. The summed E-state index contributed by atoms with van der Waals surface area (Å²) in [6, 6.07) is 20.9. The smallest absolute Gasteiger partial charge is 0.257 e. The Hall–Kier alpha value is -4.08. The number of aryl methyl sites for hydroxylation is 1. The number of aromatic nitrogens is 1. The van der Waals surface area contributed by atoms with Gasteiger partial charge in [0.1, 0.15) is 0 Å². The molecular formula is C29H25N3O2S. The fraction of sp³-hybridized carbons (Fsp3) is 0.172. The number of carbonyl (C=O) groups excluding carboxylic acids is 2. The second-order valence-corrected chi connectivity index (χ2v) is 9.91. The van der Waals surface area contributed by atoms with E-state index in [1.54, 1.807) is 29.7 Å². The highest BCUT2D eigenvalue weighted by Gasteiger charge is 2.20. The molecule has 0 saturated carbocycles. The summed E-state index contributed by atoms with van der Waals surface area (Å²) >= 11 is 1.59. The zero-order valence-electron chi connectivity index (χ0n) is 19.8. The second-order valence-electron chi connectivity index (χ2n) is 8.96. The molecule has 6 heteroatoms. The molecule has 0 atom stereocenters. The molecule has 0 aliphatic heterocycles. The number of hydrogen-bond acceptors (Lipinski definition) is 5. The molecule has 5 nitrogen and oxygen atoms in total. The van der Waals surface area contributed by atoms with Gasteiger partial charge >= 0.3 is 0 Å². The molecule has 0 spiro atoms. The SMILES string of the molecule is Cc1ccc(C(=O)Cc2cccc(C(C)(C)C#N)c2)cc1NC(=O)c1cncc(-c2cccs2)c1. The number of nitriles is 1. The minimum Gasteiger partial charge on any atom is -0.322 e. The number of anilines is 1. The maximum Gasteiger partial charge on any atom is 0.257 e. The van der Waals surface area contributed by atoms with Crippen LogP contribution in [0, 0.1) is 18.3 Å². The third kappa shape index (κ3) is 5.53. The molecule has 1 amide bonds. The van der Waals surface area contributed by atoms with E-state index in [4.69, 9.17) is 0 Å². The first-order valence-corrected chi connectivity index (χ1v) is 12.1. The number of rotatable bonds is 7. The van der Waals surface area contributed by atoms with Crippen molar-refractivity contribution in [1.82, 2.24) is 4.98 Å². The highest BCUT2D eigenvalue weighted by atomic mass is 32.1. The lowest BCUT2D eigenvalue weighted by molar-refractivity contribution is 0.0989. The molecular weight excluding hydrogens is 454 g/mol. The van der Waals surface area contributed by atoms with Crippen molar-refractivity contribution in [2.45, 2.75) is 32.6 Å². The zero-order chi connectivity index (χ0) is 25.0. The Morgan fingerprint density at radius 1 is 1.03 bits per heavy atom. The van der Waals surface area contributed by atoms with Crippen molar-refractivity contribution in [3.05, 3.63) is 106 Å². The molecule has 0 fully saturated rings. The molecule has 35 heavy (non-hydrogen) atoms. The summed E-state index contributed by atoms with van der Waals surface area (Å²) in [6.45, 7) is 5.60. The van der Waals surface area contributed by atoms with Gasteiger partial charge in [-0.3, -0.25) is 14.6 Å². The fourth-order valence-corrected chi connectivity index (χ4v) is 4.40. The van der Waals surface area contributed by atoms with Crippen molar-refractivity contribution < 1.29 is 9.59 Å². The molecule has 0 saturated heterocycles. The summed E-state index contributed by atoms with van der Waals surface area (Å²) in [5, 5.41) is 14.3. The van der Waals surface area contributed by atoms with Crippen LogP contribution in [0.1, 0.15) is 51.3 Å². The number of thiophene rings is 1. The minimum atomic E-state index is -0.629. The van der Waals surface area contributed by atoms with E-state index in [1.165, 1.54) is 6.20 Å². The maximum atomic E-state index is 13.1. The van der Waals surface area contributed by atoms with Crippen LogP contribution in [0.25, 0.3) is 10.4 Å². The van der Waals surface area contributed by atoms with Gasteiger partial charge in [0.25, 0.3) is 5.91 Å². The van der Waals surface area contributed by atoms with Gasteiger partial charge in [-0.15, -0.1) is 11.3 Å². The number of benzene rings is 2. The van der Waals surface area contributed by atoms with E-state index < -0.39 is 5.41 Å². The van der Waals surface area contributed by atoms with Crippen molar-refractivity contribution >= 4 is 28.7 Å². The first-order valence-electron chi connectivity index (χ1n) is 11.2. The molecule has 2 aromatic heterocycles. The van der Waals surface area contributed by atoms with Crippen molar-refractivity contribution in [3.63, 3.8) is 0 Å². The summed E-state index contributed by atoms with van der Waals surface area (Å²) in [6.07, 6.45) is 3.48. The molecule has 0 aliphatic carbocycles. The molecule has 0 radical (unpaired) electrons. The lowest BCUT2D eigenvalue weighted by atomic mass is 9.85. The fourth-order valence-electron chi connectivity index (χ4n) is 3.69. The number of carbonyl (C=O) groups is 2. The molecule has 2 aromatic carbocycles. The Morgan fingerprint density at radius 3 is 2.60 bits per heavy atom. The van der Waals surface area contributed by atoms with Crippen molar-refractivity contribution in [2.24, 2.45) is 0 Å². The molecule has 0 bridgehead atoms. The van der Waals surface area contributed by atoms with Gasteiger partial charge in [0.15, 0.2) is 5.78 Å². The third-order valence-electron chi connectivity index (χ3n) is 5.91. The van der Waals surface area contributed by atoms with Crippen molar-refractivity contribution in [1.29, 1.82) is 5.26 Å². The van der Waals surface area contributed by atoms with Gasteiger partial charge in [-0.25, -0.2) is 0 Å². The third-order valence-corrected chi connectivity index (χ3v) is 6.83. The van der Waals surface area contributed by atoms with Crippen LogP contribution in [0.4, 0.5) is 5.69 Å². The summed E-state index contributed by atoms with van der Waals surface area (Å²) in [5.74, 6) is -0.344. The van der Waals surface area contributed by atoms with Crippen LogP contribution in [0.15, 0.2) is 78.4 Å². The first-order chi connectivity index (χ1) is 16.8. The van der Waals surface area contributed by atoms with Gasteiger partial charge in [0.05, 0.1) is 17.0 Å². The molecule has 1 N–H and O–H groups in total. The molecule has 2 heterocycles. The quantitative estimate of drug-likeness (QED) is 0.303. The molecule has 0 unspecified atom stereocenters. The van der Waals surface area contributed by atoms with Crippen LogP contribution in [0.5, 0.6) is 0 Å². The van der Waals surface area contributed by atoms with Crippen molar-refractivity contribution in [2.75, 3.05) is 5.32 Å². The van der Waals surface area contributed by atoms with E-state index in [-0.39, 0.29) is 18.1 Å². The minimum absolute atomic E-state index is 0.0613. The predicted octanol–water partition coefficient (Wildman–Crippen LogP) is 6.60. The Labute approximate surface area is 209 Å². The molecule has 174 valence electrons. The highest BCUT2D eigenvalue weighted by Crippen LogP contribution is 2.26. The van der Waals surface area contributed by atoms with Crippen LogP contribution in [-0.2, 0) is 11.8 Å². The Balaban J connectivity index is 1.52. The van der Waals surface area contributed by atoms with Crippen LogP contribution in [0.2, 0.25) is 0 Å². The standard InChI is InChI=1S/C29H25N3O2S/c1-19-9-10-21(26(33)13-20-6-4-7-24(12-20)29(2,3)18-30)15-25(19)32-28(34)23-14-22(16-31-17-23)27-8-5-11-35-27/h4-12,14-17H,13H2,1-3H3,(H,32,34). The highest BCUT2D eigenvalue weighted by molar-refractivity contribution is 7.13. The monoisotopic (exact) mass is 479 g/mol. The van der Waals surface area contributed by atoms with Crippen LogP contribution >= 0.6 is 11.3 Å². The lowest BCUT2D eigenvalue weighted by Gasteiger charge is -2.16. The van der Waals surface area contributed by atoms with E-state index in [0.29, 0.717) is 16.8 Å². The summed E-state index contributed by atoms with van der Waals surface area (Å²) in [4.78, 5) is 31.3. The van der Waals surface area contributed by atoms with E-state index in [0.717, 1.165) is 27.1 Å². The molecule has 4 rings (SSSR count). The van der Waals surface area contributed by atoms with Crippen LogP contribution < -0.4 is 5.32 Å². The first kappa shape index (κ1) is 24.1. The van der Waals surface area contributed by atoms with Gasteiger partial charge in [-0.2, -0.15) is 5.26 Å². The zero-order valence-corrected chi connectivity index (χ0v) is 20.6. The van der Waals surface area contributed by atoms with Crippen LogP contribution in [0.3, 0.4) is 0 Å². The Bertz CT molecular complexity index is 1430. The lowest BCUT2D eigenvalue weighted by Crippen LogP contribution is -2.15. The average molecular weight is 480 g/mol. The summed E-state index contributed by atoms with van der Waals surface area (Å²) in [5.41, 5.74) is 4.38. The number of ketones is 1. The summed E-state index contributed by atoms with van der Waals surface area (Å²) < 4.78 is 0. The molecule has 0 aliphatic rings. The number of pyridine rings is 1. The molecule has 4 aromatic rings. The number of Topliss-reactive ketones (excluding diaryl/α,β-unsaturated/α-hetero) is 1. The predicted molar refractivity (Wildman–Crippen MR) is 140 cm³/mol. The van der Waals surface area contributed by atoms with E-state index in [1.807, 2.05) is 74.7 Å². The van der Waals surface area contributed by atoms with Crippen LogP contribution in [-0.4, -0.2) is 16.7 Å². The van der Waals surface area contributed by atoms with Gasteiger partial charge in [0.2, 0.25) is 0 Å². The number of nitrogens with zero attached hydrogens (tertiary/aromatic N) is 2. The Morgan fingerprint density at radius 2 is 1.86 bits per heavy atom. The van der Waals surface area contributed by atoms with Gasteiger partial charge in [0, 0.05) is 40.5 Å². The maximum absolute atomic E-state index is 13.1. The number of amides is 1. The number of nitrogens with one attached hydrogen (secondary N) is 1. The Kier molecular flexibility index (Phi) is 6.90. The van der Waals surface area contributed by atoms with E-state index in [2.05, 4.69) is 16.4 Å². The van der Waals surface area contributed by atoms with E-state index >= 15 is 0 Å². The largest absolute Gasteiger partial charge is 0.322 e. The number of hydrogen-bond donors (Lipinski definition) is 1. The van der Waals surface area contributed by atoms with Gasteiger partial charge in [-0.05, 0) is 61.0 Å². The topological polar surface area (TPSA) is 82.9 Å². The summed E-state index contributed by atoms with van der Waals surface area (Å²) in [7, 11) is 0. The van der Waals surface area contributed by atoms with Gasteiger partial charge in [-0.1, -0.05) is 42.5 Å². The van der Waals surface area contributed by atoms with E-state index in [9.17, 15) is 14.9 Å².